The Morgan fingerprint density at radius 3 is 2.08 bits per heavy atom. The zero-order valence-corrected chi connectivity index (χ0v) is 14.7. The van der Waals surface area contributed by atoms with Crippen LogP contribution in [0.1, 0.15) is 22.6 Å². The molecule has 1 atom stereocenters. The van der Waals surface area contributed by atoms with Gasteiger partial charge in [0.1, 0.15) is 0 Å². The van der Waals surface area contributed by atoms with Gasteiger partial charge in [0.15, 0.2) is 0 Å². The highest BCUT2D eigenvalue weighted by Crippen LogP contribution is 2.28. The zero-order chi connectivity index (χ0) is 16.6. The smallest absolute Gasteiger partial charge is 0.0115 e. The van der Waals surface area contributed by atoms with E-state index in [2.05, 4.69) is 104 Å². The average Bonchev–Trinajstić information content (AvgIpc) is 2.65. The summed E-state index contributed by atoms with van der Waals surface area (Å²) in [7, 11) is 0. The Morgan fingerprint density at radius 1 is 0.792 bits per heavy atom. The number of hydrogen-bond acceptors (Lipinski definition) is 1. The van der Waals surface area contributed by atoms with Gasteiger partial charge in [-0.3, -0.25) is 0 Å². The number of aryl methyl sites for hydroxylation is 1. The lowest BCUT2D eigenvalue weighted by Gasteiger charge is -2.13. The van der Waals surface area contributed by atoms with Crippen molar-refractivity contribution in [3.8, 4) is 0 Å². The molecule has 24 heavy (non-hydrogen) atoms. The van der Waals surface area contributed by atoms with Crippen molar-refractivity contribution in [2.75, 3.05) is 5.75 Å². The third-order valence-electron chi connectivity index (χ3n) is 4.00. The minimum atomic E-state index is 0.401. The van der Waals surface area contributed by atoms with Crippen molar-refractivity contribution >= 4 is 17.8 Å². The topological polar surface area (TPSA) is 0 Å². The number of rotatable bonds is 6. The summed E-state index contributed by atoms with van der Waals surface area (Å²) in [5.74, 6) is 1.44. The van der Waals surface area contributed by atoms with Crippen molar-refractivity contribution in [3.63, 3.8) is 0 Å². The Hall–Kier alpha value is -2.25. The fraction of sp³-hybridized carbons (Fsp3) is 0.130. The van der Waals surface area contributed by atoms with E-state index in [0.29, 0.717) is 5.92 Å². The van der Waals surface area contributed by atoms with Crippen LogP contribution in [0.2, 0.25) is 0 Å². The summed E-state index contributed by atoms with van der Waals surface area (Å²) >= 11 is 1.92. The van der Waals surface area contributed by atoms with Gasteiger partial charge in [-0.1, -0.05) is 90.5 Å². The molecule has 0 heterocycles. The van der Waals surface area contributed by atoms with E-state index in [1.54, 1.807) is 0 Å². The van der Waals surface area contributed by atoms with Gasteiger partial charge in [0.05, 0.1) is 0 Å². The van der Waals surface area contributed by atoms with Gasteiger partial charge >= 0.3 is 0 Å². The maximum absolute atomic E-state index is 2.33. The molecule has 3 aromatic rings. The van der Waals surface area contributed by atoms with Crippen LogP contribution < -0.4 is 0 Å². The quantitative estimate of drug-likeness (QED) is 0.460. The lowest BCUT2D eigenvalue weighted by Crippen LogP contribution is -1.98. The van der Waals surface area contributed by atoms with E-state index >= 15 is 0 Å². The van der Waals surface area contributed by atoms with Crippen LogP contribution in [0.25, 0.3) is 6.08 Å². The number of hydrogen-bond donors (Lipinski definition) is 0. The molecule has 0 spiro atoms. The van der Waals surface area contributed by atoms with Gasteiger partial charge < -0.3 is 0 Å². The lowest BCUT2D eigenvalue weighted by molar-refractivity contribution is 0.988. The first-order valence-electron chi connectivity index (χ1n) is 8.29. The molecule has 0 aromatic heterocycles. The Bertz CT molecular complexity index is 758. The number of benzene rings is 3. The summed E-state index contributed by atoms with van der Waals surface area (Å²) in [5, 5.41) is 0. The summed E-state index contributed by atoms with van der Waals surface area (Å²) in [4.78, 5) is 1.33. The van der Waals surface area contributed by atoms with E-state index < -0.39 is 0 Å². The average molecular weight is 330 g/mol. The second kappa shape index (κ2) is 8.56. The molecular formula is C23H22S. The molecule has 0 bridgehead atoms. The zero-order valence-electron chi connectivity index (χ0n) is 13.9. The second-order valence-corrected chi connectivity index (χ2v) is 7.00. The van der Waals surface area contributed by atoms with Gasteiger partial charge in [-0.25, -0.2) is 0 Å². The molecule has 0 aliphatic rings. The molecule has 0 amide bonds. The molecule has 120 valence electrons. The van der Waals surface area contributed by atoms with E-state index in [0.717, 1.165) is 5.75 Å². The SMILES string of the molecule is Cc1ccc(SCC(/C=C/c2ccccc2)c2ccccc2)cc1. The summed E-state index contributed by atoms with van der Waals surface area (Å²) < 4.78 is 0. The van der Waals surface area contributed by atoms with E-state index in [1.165, 1.54) is 21.6 Å². The predicted octanol–water partition coefficient (Wildman–Crippen LogP) is 6.58. The maximum Gasteiger partial charge on any atom is 0.0115 e. The lowest BCUT2D eigenvalue weighted by atomic mass is 10.00. The van der Waals surface area contributed by atoms with Crippen LogP contribution in [-0.4, -0.2) is 5.75 Å². The van der Waals surface area contributed by atoms with Gasteiger partial charge in [0.2, 0.25) is 0 Å². The highest BCUT2D eigenvalue weighted by molar-refractivity contribution is 7.99. The van der Waals surface area contributed by atoms with Crippen molar-refractivity contribution < 1.29 is 0 Å². The van der Waals surface area contributed by atoms with E-state index in [4.69, 9.17) is 0 Å². The first kappa shape index (κ1) is 16.6. The maximum atomic E-state index is 2.33. The first-order valence-corrected chi connectivity index (χ1v) is 9.27. The van der Waals surface area contributed by atoms with Gasteiger partial charge in [-0.15, -0.1) is 11.8 Å². The van der Waals surface area contributed by atoms with Crippen molar-refractivity contribution in [2.45, 2.75) is 17.7 Å². The third-order valence-corrected chi connectivity index (χ3v) is 5.13. The Balaban J connectivity index is 1.75. The van der Waals surface area contributed by atoms with Crippen molar-refractivity contribution in [2.24, 2.45) is 0 Å². The van der Waals surface area contributed by atoms with Crippen LogP contribution in [0.5, 0.6) is 0 Å². The monoisotopic (exact) mass is 330 g/mol. The Kier molecular flexibility index (Phi) is 5.92. The first-order chi connectivity index (χ1) is 11.8. The number of allylic oxidation sites excluding steroid dienone is 1. The normalized spacial score (nSPS) is 12.4. The van der Waals surface area contributed by atoms with E-state index in [1.807, 2.05) is 11.8 Å². The minimum absolute atomic E-state index is 0.401. The van der Waals surface area contributed by atoms with Gasteiger partial charge in [0, 0.05) is 16.6 Å². The van der Waals surface area contributed by atoms with Crippen LogP contribution in [0.3, 0.4) is 0 Å². The van der Waals surface area contributed by atoms with Gasteiger partial charge in [0.25, 0.3) is 0 Å². The minimum Gasteiger partial charge on any atom is -0.125 e. The summed E-state index contributed by atoms with van der Waals surface area (Å²) in [5.41, 5.74) is 3.92. The van der Waals surface area contributed by atoms with Crippen LogP contribution >= 0.6 is 11.8 Å². The van der Waals surface area contributed by atoms with E-state index in [-0.39, 0.29) is 0 Å². The number of thioether (sulfide) groups is 1. The largest absolute Gasteiger partial charge is 0.125 e. The summed E-state index contributed by atoms with van der Waals surface area (Å²) in [6.07, 6.45) is 4.55. The second-order valence-electron chi connectivity index (χ2n) is 5.91. The molecule has 0 fully saturated rings. The molecule has 0 N–H and O–H groups in total. The van der Waals surface area contributed by atoms with E-state index in [9.17, 15) is 0 Å². The Morgan fingerprint density at radius 2 is 1.42 bits per heavy atom. The van der Waals surface area contributed by atoms with Crippen molar-refractivity contribution in [1.29, 1.82) is 0 Å². The van der Waals surface area contributed by atoms with Crippen LogP contribution in [-0.2, 0) is 0 Å². The molecule has 1 heteroatoms. The van der Waals surface area contributed by atoms with Gasteiger partial charge in [-0.2, -0.15) is 0 Å². The molecule has 0 aliphatic heterocycles. The fourth-order valence-electron chi connectivity index (χ4n) is 2.58. The van der Waals surface area contributed by atoms with Crippen LogP contribution in [0.15, 0.2) is 95.9 Å². The predicted molar refractivity (Wildman–Crippen MR) is 107 cm³/mol. The molecule has 3 rings (SSSR count). The molecule has 0 radical (unpaired) electrons. The van der Waals surface area contributed by atoms with Crippen LogP contribution in [0.4, 0.5) is 0 Å². The highest BCUT2D eigenvalue weighted by atomic mass is 32.2. The molecule has 1 unspecified atom stereocenters. The van der Waals surface area contributed by atoms with Crippen molar-refractivity contribution in [1.82, 2.24) is 0 Å². The van der Waals surface area contributed by atoms with Crippen molar-refractivity contribution in [3.05, 3.63) is 108 Å². The summed E-state index contributed by atoms with van der Waals surface area (Å²) in [6, 6.07) is 30.0. The standard InChI is InChI=1S/C23H22S/c1-19-12-16-23(17-13-19)24-18-22(21-10-6-3-7-11-21)15-14-20-8-4-2-5-9-20/h2-17,22H,18H2,1H3/b15-14+. The molecular weight excluding hydrogens is 308 g/mol. The van der Waals surface area contributed by atoms with Gasteiger partial charge in [-0.05, 0) is 30.2 Å². The molecule has 0 nitrogen and oxygen atoms in total. The molecule has 0 saturated heterocycles. The Labute approximate surface area is 149 Å². The molecule has 0 aliphatic carbocycles. The molecule has 3 aromatic carbocycles. The highest BCUT2D eigenvalue weighted by Gasteiger charge is 2.08. The fourth-order valence-corrected chi connectivity index (χ4v) is 3.58. The third kappa shape index (κ3) is 4.87. The summed E-state index contributed by atoms with van der Waals surface area (Å²) in [6.45, 7) is 2.13. The van der Waals surface area contributed by atoms with Crippen LogP contribution in [0, 0.1) is 6.92 Å². The molecule has 0 saturated carbocycles.